The second-order valence-electron chi connectivity index (χ2n) is 4.37. The SMILES string of the molecule is CC(C)(C)C(=O)c1ccccc1[P+](=O)O. The van der Waals surface area contributed by atoms with Crippen molar-refractivity contribution in [2.75, 3.05) is 0 Å². The zero-order valence-corrected chi connectivity index (χ0v) is 9.91. The number of carbonyl (C=O) groups excluding carboxylic acids is 1. The summed E-state index contributed by atoms with van der Waals surface area (Å²) in [6, 6.07) is 6.45. The highest BCUT2D eigenvalue weighted by Gasteiger charge is 2.31. The molecule has 0 spiro atoms. The zero-order valence-electron chi connectivity index (χ0n) is 9.02. The van der Waals surface area contributed by atoms with E-state index in [-0.39, 0.29) is 11.1 Å². The second kappa shape index (κ2) is 4.21. The molecule has 0 saturated heterocycles. The summed E-state index contributed by atoms with van der Waals surface area (Å²) >= 11 is 0. The molecule has 0 aliphatic carbocycles. The first-order valence-electron chi connectivity index (χ1n) is 4.64. The summed E-state index contributed by atoms with van der Waals surface area (Å²) in [6.07, 6.45) is 0. The van der Waals surface area contributed by atoms with E-state index in [1.54, 1.807) is 39.0 Å². The van der Waals surface area contributed by atoms with Crippen LogP contribution in [0.25, 0.3) is 0 Å². The lowest BCUT2D eigenvalue weighted by Gasteiger charge is -2.15. The molecule has 1 aromatic carbocycles. The van der Waals surface area contributed by atoms with E-state index in [1.165, 1.54) is 6.07 Å². The second-order valence-corrected chi connectivity index (χ2v) is 5.40. The number of Topliss-reactive ketones (excluding diaryl/α,β-unsaturated/α-hetero) is 1. The molecule has 0 aromatic heterocycles. The molecule has 1 unspecified atom stereocenters. The average Bonchev–Trinajstić information content (AvgIpc) is 2.15. The predicted octanol–water partition coefficient (Wildman–Crippen LogP) is 2.28. The molecule has 0 heterocycles. The zero-order chi connectivity index (χ0) is 11.6. The van der Waals surface area contributed by atoms with E-state index in [0.29, 0.717) is 5.56 Å². The van der Waals surface area contributed by atoms with Crippen LogP contribution in [0.4, 0.5) is 0 Å². The first-order chi connectivity index (χ1) is 6.84. The average molecular weight is 225 g/mol. The monoisotopic (exact) mass is 225 g/mol. The summed E-state index contributed by atoms with van der Waals surface area (Å²) in [5.74, 6) is -0.115. The van der Waals surface area contributed by atoms with Gasteiger partial charge in [0, 0.05) is 5.41 Å². The van der Waals surface area contributed by atoms with Crippen molar-refractivity contribution in [1.82, 2.24) is 0 Å². The van der Waals surface area contributed by atoms with E-state index in [4.69, 9.17) is 4.89 Å². The minimum Gasteiger partial charge on any atom is -0.293 e. The van der Waals surface area contributed by atoms with Gasteiger partial charge in [0.25, 0.3) is 0 Å². The lowest BCUT2D eigenvalue weighted by Crippen LogP contribution is -2.24. The molecular weight excluding hydrogens is 211 g/mol. The van der Waals surface area contributed by atoms with Crippen molar-refractivity contribution in [3.63, 3.8) is 0 Å². The van der Waals surface area contributed by atoms with Crippen molar-refractivity contribution < 1.29 is 14.3 Å². The van der Waals surface area contributed by atoms with Crippen LogP contribution in [0.1, 0.15) is 31.1 Å². The maximum atomic E-state index is 12.0. The Bertz CT molecular complexity index is 405. The summed E-state index contributed by atoms with van der Waals surface area (Å²) in [4.78, 5) is 21.0. The number of hydrogen-bond donors (Lipinski definition) is 1. The van der Waals surface area contributed by atoms with Crippen LogP contribution in [0.15, 0.2) is 24.3 Å². The van der Waals surface area contributed by atoms with E-state index < -0.39 is 13.4 Å². The third kappa shape index (κ3) is 2.71. The van der Waals surface area contributed by atoms with Crippen molar-refractivity contribution in [2.24, 2.45) is 5.41 Å². The minimum absolute atomic E-state index is 0.115. The number of ketones is 1. The molecule has 80 valence electrons. The molecule has 0 aliphatic heterocycles. The van der Waals surface area contributed by atoms with E-state index in [1.807, 2.05) is 0 Å². The van der Waals surface area contributed by atoms with Gasteiger partial charge in [-0.3, -0.25) is 4.79 Å². The van der Waals surface area contributed by atoms with Crippen molar-refractivity contribution in [3.05, 3.63) is 29.8 Å². The standard InChI is InChI=1S/C11H13O3P/c1-11(2,3)10(12)8-6-4-5-7-9(8)15(13)14/h4-7H,1-3H3/p+1. The van der Waals surface area contributed by atoms with Crippen LogP contribution in [0.5, 0.6) is 0 Å². The summed E-state index contributed by atoms with van der Waals surface area (Å²) in [5, 5.41) is 0.215. The number of rotatable bonds is 2. The first-order valence-corrected chi connectivity index (χ1v) is 5.85. The topological polar surface area (TPSA) is 54.4 Å². The lowest BCUT2D eigenvalue weighted by atomic mass is 9.86. The van der Waals surface area contributed by atoms with E-state index >= 15 is 0 Å². The van der Waals surface area contributed by atoms with Gasteiger partial charge in [0.05, 0.1) is 5.56 Å². The molecule has 4 heteroatoms. The molecule has 1 rings (SSSR count). The highest BCUT2D eigenvalue weighted by molar-refractivity contribution is 7.47. The lowest BCUT2D eigenvalue weighted by molar-refractivity contribution is 0.0859. The fourth-order valence-corrected chi connectivity index (χ4v) is 1.83. The maximum Gasteiger partial charge on any atom is 0.546 e. The van der Waals surface area contributed by atoms with Crippen LogP contribution in [0.3, 0.4) is 0 Å². The van der Waals surface area contributed by atoms with Gasteiger partial charge in [-0.25, -0.2) is 0 Å². The smallest absolute Gasteiger partial charge is 0.293 e. The highest BCUT2D eigenvalue weighted by atomic mass is 31.1. The van der Waals surface area contributed by atoms with Crippen LogP contribution in [0, 0.1) is 5.41 Å². The van der Waals surface area contributed by atoms with Gasteiger partial charge in [-0.15, -0.1) is 0 Å². The molecule has 0 saturated carbocycles. The molecule has 1 aromatic rings. The Labute approximate surface area is 90.0 Å². The van der Waals surface area contributed by atoms with Gasteiger partial charge in [0.2, 0.25) is 5.30 Å². The van der Waals surface area contributed by atoms with Crippen LogP contribution >= 0.6 is 8.03 Å². The molecule has 0 radical (unpaired) electrons. The molecule has 1 atom stereocenters. The van der Waals surface area contributed by atoms with Crippen molar-refractivity contribution in [3.8, 4) is 0 Å². The Morgan fingerprint density at radius 1 is 1.27 bits per heavy atom. The first kappa shape index (κ1) is 12.0. The van der Waals surface area contributed by atoms with Crippen LogP contribution in [0.2, 0.25) is 0 Å². The largest absolute Gasteiger partial charge is 0.546 e. The van der Waals surface area contributed by atoms with Gasteiger partial charge in [0.1, 0.15) is 0 Å². The molecule has 0 aliphatic rings. The molecule has 0 bridgehead atoms. The summed E-state index contributed by atoms with van der Waals surface area (Å²) in [5.41, 5.74) is -0.199. The minimum atomic E-state index is -2.47. The molecule has 15 heavy (non-hydrogen) atoms. The van der Waals surface area contributed by atoms with Gasteiger partial charge >= 0.3 is 8.03 Å². The van der Waals surface area contributed by atoms with Crippen molar-refractivity contribution in [1.29, 1.82) is 0 Å². The van der Waals surface area contributed by atoms with Crippen molar-refractivity contribution in [2.45, 2.75) is 20.8 Å². The van der Waals surface area contributed by atoms with Crippen LogP contribution in [-0.2, 0) is 4.57 Å². The third-order valence-corrected chi connectivity index (χ3v) is 2.84. The van der Waals surface area contributed by atoms with E-state index in [2.05, 4.69) is 0 Å². The summed E-state index contributed by atoms with van der Waals surface area (Å²) in [7, 11) is -2.47. The van der Waals surface area contributed by atoms with Gasteiger partial charge < -0.3 is 0 Å². The Morgan fingerprint density at radius 2 is 1.80 bits per heavy atom. The molecule has 0 amide bonds. The number of benzene rings is 1. The fraction of sp³-hybridized carbons (Fsp3) is 0.364. The Hall–Kier alpha value is -1.05. The van der Waals surface area contributed by atoms with Gasteiger partial charge in [-0.05, 0) is 16.7 Å². The van der Waals surface area contributed by atoms with E-state index in [0.717, 1.165) is 0 Å². The van der Waals surface area contributed by atoms with Crippen LogP contribution < -0.4 is 5.30 Å². The molecule has 3 nitrogen and oxygen atoms in total. The highest BCUT2D eigenvalue weighted by Crippen LogP contribution is 2.24. The quantitative estimate of drug-likeness (QED) is 0.620. The molecule has 0 fully saturated rings. The van der Waals surface area contributed by atoms with Crippen molar-refractivity contribution >= 4 is 19.1 Å². The third-order valence-electron chi connectivity index (χ3n) is 2.04. The normalized spacial score (nSPS) is 12.4. The van der Waals surface area contributed by atoms with E-state index in [9.17, 15) is 9.36 Å². The summed E-state index contributed by atoms with van der Waals surface area (Å²) in [6.45, 7) is 5.36. The summed E-state index contributed by atoms with van der Waals surface area (Å²) < 4.78 is 11.0. The maximum absolute atomic E-state index is 12.0. The fourth-order valence-electron chi connectivity index (χ4n) is 1.24. The van der Waals surface area contributed by atoms with Crippen LogP contribution in [-0.4, -0.2) is 10.7 Å². The Kier molecular flexibility index (Phi) is 3.38. The molecule has 1 N–H and O–H groups in total. The Balaban J connectivity index is 3.26. The number of hydrogen-bond acceptors (Lipinski definition) is 2. The Morgan fingerprint density at radius 3 is 2.27 bits per heavy atom. The predicted molar refractivity (Wildman–Crippen MR) is 59.7 cm³/mol. The number of carbonyl (C=O) groups is 1. The van der Waals surface area contributed by atoms with Gasteiger partial charge in [-0.1, -0.05) is 32.9 Å². The van der Waals surface area contributed by atoms with Gasteiger partial charge in [-0.2, -0.15) is 4.89 Å². The van der Waals surface area contributed by atoms with Gasteiger partial charge in [0.15, 0.2) is 5.78 Å². The molecular formula is C11H14O3P+.